The number of hydrogen-bond acceptors (Lipinski definition) is 2. The predicted molar refractivity (Wildman–Crippen MR) is 52.6 cm³/mol. The Morgan fingerprint density at radius 2 is 2.08 bits per heavy atom. The Balaban J connectivity index is 1.78. The normalized spacial score (nSPS) is 18.2. The third-order valence-corrected chi connectivity index (χ3v) is 2.64. The van der Waals surface area contributed by atoms with E-state index in [4.69, 9.17) is 0 Å². The number of nitrogens with zero attached hydrogens (tertiary/aromatic N) is 3. The molecule has 0 saturated carbocycles. The fourth-order valence-corrected chi connectivity index (χ4v) is 1.86. The molecule has 0 radical (unpaired) electrons. The Hall–Kier alpha value is -0.830. The van der Waals surface area contributed by atoms with Crippen LogP contribution in [0.2, 0.25) is 0 Å². The molecule has 2 heterocycles. The van der Waals surface area contributed by atoms with Gasteiger partial charge in [0.05, 0.1) is 12.0 Å². The summed E-state index contributed by atoms with van der Waals surface area (Å²) < 4.78 is 2.17. The van der Waals surface area contributed by atoms with Gasteiger partial charge in [0.1, 0.15) is 0 Å². The summed E-state index contributed by atoms with van der Waals surface area (Å²) in [4.78, 5) is 6.73. The van der Waals surface area contributed by atoms with Gasteiger partial charge >= 0.3 is 0 Å². The fraction of sp³-hybridized carbons (Fsp3) is 0.700. The van der Waals surface area contributed by atoms with Gasteiger partial charge in [-0.25, -0.2) is 4.98 Å². The van der Waals surface area contributed by atoms with Crippen molar-refractivity contribution in [3.05, 3.63) is 18.2 Å². The number of hydrogen-bond donors (Lipinski definition) is 0. The maximum Gasteiger partial charge on any atom is 0.0949 e. The van der Waals surface area contributed by atoms with Gasteiger partial charge in [-0.15, -0.1) is 0 Å². The van der Waals surface area contributed by atoms with Crippen LogP contribution in [0.4, 0.5) is 0 Å². The van der Waals surface area contributed by atoms with Gasteiger partial charge in [0, 0.05) is 19.3 Å². The number of imidazole rings is 1. The van der Waals surface area contributed by atoms with Crippen LogP contribution in [0.3, 0.4) is 0 Å². The molecule has 0 spiro atoms. The average molecular weight is 179 g/mol. The summed E-state index contributed by atoms with van der Waals surface area (Å²) >= 11 is 0. The molecule has 0 atom stereocenters. The topological polar surface area (TPSA) is 21.1 Å². The van der Waals surface area contributed by atoms with Crippen LogP contribution in [-0.2, 0) is 6.54 Å². The first-order valence-corrected chi connectivity index (χ1v) is 5.05. The molecule has 1 aromatic rings. The average Bonchev–Trinajstić information content (AvgIpc) is 2.71. The van der Waals surface area contributed by atoms with E-state index in [0.29, 0.717) is 0 Å². The monoisotopic (exact) mass is 179 g/mol. The van der Waals surface area contributed by atoms with Crippen molar-refractivity contribution in [2.75, 3.05) is 19.6 Å². The molecule has 0 aliphatic carbocycles. The Morgan fingerprint density at radius 1 is 1.31 bits per heavy atom. The number of aryl methyl sites for hydroxylation is 1. The summed E-state index contributed by atoms with van der Waals surface area (Å²) in [6.07, 6.45) is 6.79. The van der Waals surface area contributed by atoms with Gasteiger partial charge in [0.2, 0.25) is 0 Å². The highest BCUT2D eigenvalue weighted by Crippen LogP contribution is 2.06. The van der Waals surface area contributed by atoms with E-state index in [-0.39, 0.29) is 0 Å². The summed E-state index contributed by atoms with van der Waals surface area (Å²) in [5.41, 5.74) is 1.11. The zero-order valence-corrected chi connectivity index (χ0v) is 8.24. The molecule has 0 amide bonds. The highest BCUT2D eigenvalue weighted by molar-refractivity contribution is 4.92. The lowest BCUT2D eigenvalue weighted by Crippen LogP contribution is -2.23. The quantitative estimate of drug-likeness (QED) is 0.697. The minimum absolute atomic E-state index is 1.08. The maximum atomic E-state index is 4.21. The minimum atomic E-state index is 1.08. The van der Waals surface area contributed by atoms with Crippen LogP contribution in [0.5, 0.6) is 0 Å². The SMILES string of the molecule is Cc1cn(CCN2CCCC2)cn1. The lowest BCUT2D eigenvalue weighted by molar-refractivity contribution is 0.322. The van der Waals surface area contributed by atoms with Crippen LogP contribution in [0.25, 0.3) is 0 Å². The van der Waals surface area contributed by atoms with Crippen LogP contribution in [0.15, 0.2) is 12.5 Å². The van der Waals surface area contributed by atoms with E-state index in [1.165, 1.54) is 32.5 Å². The highest BCUT2D eigenvalue weighted by Gasteiger charge is 2.10. The van der Waals surface area contributed by atoms with Crippen LogP contribution >= 0.6 is 0 Å². The predicted octanol–water partition coefficient (Wildman–Crippen LogP) is 1.29. The maximum absolute atomic E-state index is 4.21. The lowest BCUT2D eigenvalue weighted by atomic mass is 10.4. The molecule has 1 aromatic heterocycles. The third kappa shape index (κ3) is 2.31. The van der Waals surface area contributed by atoms with Gasteiger partial charge in [-0.1, -0.05) is 0 Å². The van der Waals surface area contributed by atoms with E-state index in [2.05, 4.69) is 20.6 Å². The van der Waals surface area contributed by atoms with Crippen molar-refractivity contribution in [2.45, 2.75) is 26.3 Å². The lowest BCUT2D eigenvalue weighted by Gasteiger charge is -2.14. The zero-order chi connectivity index (χ0) is 9.10. The van der Waals surface area contributed by atoms with Crippen molar-refractivity contribution in [1.29, 1.82) is 0 Å². The van der Waals surface area contributed by atoms with E-state index >= 15 is 0 Å². The molecule has 72 valence electrons. The van der Waals surface area contributed by atoms with Crippen LogP contribution in [-0.4, -0.2) is 34.1 Å². The van der Waals surface area contributed by atoms with Crippen LogP contribution in [0, 0.1) is 6.92 Å². The zero-order valence-electron chi connectivity index (χ0n) is 8.24. The number of aromatic nitrogens is 2. The van der Waals surface area contributed by atoms with Crippen LogP contribution in [0.1, 0.15) is 18.5 Å². The second-order valence-electron chi connectivity index (χ2n) is 3.80. The van der Waals surface area contributed by atoms with Gasteiger partial charge in [-0.2, -0.15) is 0 Å². The summed E-state index contributed by atoms with van der Waals surface area (Å²) in [6.45, 7) is 6.87. The van der Waals surface area contributed by atoms with Crippen molar-refractivity contribution in [3.63, 3.8) is 0 Å². The second-order valence-corrected chi connectivity index (χ2v) is 3.80. The summed E-state index contributed by atoms with van der Waals surface area (Å²) in [7, 11) is 0. The summed E-state index contributed by atoms with van der Waals surface area (Å²) in [6, 6.07) is 0. The van der Waals surface area contributed by atoms with E-state index in [9.17, 15) is 0 Å². The molecule has 1 fully saturated rings. The van der Waals surface area contributed by atoms with E-state index in [0.717, 1.165) is 12.2 Å². The molecule has 1 aliphatic rings. The molecule has 3 nitrogen and oxygen atoms in total. The van der Waals surface area contributed by atoms with Gasteiger partial charge in [0.25, 0.3) is 0 Å². The first-order chi connectivity index (χ1) is 6.34. The molecular weight excluding hydrogens is 162 g/mol. The molecular formula is C10H17N3. The molecule has 13 heavy (non-hydrogen) atoms. The Bertz CT molecular complexity index is 261. The van der Waals surface area contributed by atoms with Crippen LogP contribution < -0.4 is 0 Å². The highest BCUT2D eigenvalue weighted by atomic mass is 15.2. The van der Waals surface area contributed by atoms with Crippen molar-refractivity contribution in [2.24, 2.45) is 0 Å². The largest absolute Gasteiger partial charge is 0.336 e. The molecule has 0 aromatic carbocycles. The first-order valence-electron chi connectivity index (χ1n) is 5.05. The molecule has 1 saturated heterocycles. The summed E-state index contributed by atoms with van der Waals surface area (Å²) in [5, 5.41) is 0. The third-order valence-electron chi connectivity index (χ3n) is 2.64. The fourth-order valence-electron chi connectivity index (χ4n) is 1.86. The molecule has 1 aliphatic heterocycles. The molecule has 0 bridgehead atoms. The Morgan fingerprint density at radius 3 is 2.69 bits per heavy atom. The number of likely N-dealkylation sites (tertiary alicyclic amines) is 1. The van der Waals surface area contributed by atoms with Crippen molar-refractivity contribution in [1.82, 2.24) is 14.5 Å². The Labute approximate surface area is 79.4 Å². The van der Waals surface area contributed by atoms with Gasteiger partial charge in [0.15, 0.2) is 0 Å². The Kier molecular flexibility index (Phi) is 2.64. The summed E-state index contributed by atoms with van der Waals surface area (Å²) in [5.74, 6) is 0. The van der Waals surface area contributed by atoms with Gasteiger partial charge < -0.3 is 9.47 Å². The number of rotatable bonds is 3. The van der Waals surface area contributed by atoms with E-state index < -0.39 is 0 Å². The van der Waals surface area contributed by atoms with E-state index in [1.807, 2.05) is 13.3 Å². The van der Waals surface area contributed by atoms with Crippen molar-refractivity contribution < 1.29 is 0 Å². The van der Waals surface area contributed by atoms with Crippen molar-refractivity contribution >= 4 is 0 Å². The van der Waals surface area contributed by atoms with Crippen molar-refractivity contribution in [3.8, 4) is 0 Å². The van der Waals surface area contributed by atoms with Gasteiger partial charge in [-0.3, -0.25) is 0 Å². The smallest absolute Gasteiger partial charge is 0.0949 e. The standard InChI is InChI=1S/C10H17N3/c1-10-8-13(9-11-10)7-6-12-4-2-3-5-12/h8-9H,2-7H2,1H3. The first kappa shape index (κ1) is 8.75. The molecule has 2 rings (SSSR count). The minimum Gasteiger partial charge on any atom is -0.336 e. The van der Waals surface area contributed by atoms with Gasteiger partial charge in [-0.05, 0) is 32.9 Å². The second kappa shape index (κ2) is 3.92. The van der Waals surface area contributed by atoms with E-state index in [1.54, 1.807) is 0 Å². The molecule has 0 N–H and O–H groups in total. The molecule has 0 unspecified atom stereocenters. The molecule has 3 heteroatoms.